The van der Waals surface area contributed by atoms with Crippen molar-refractivity contribution in [2.24, 2.45) is 0 Å². The van der Waals surface area contributed by atoms with Gasteiger partial charge < -0.3 is 10.1 Å². The Bertz CT molecular complexity index is 485. The monoisotopic (exact) mass is 285 g/mol. The van der Waals surface area contributed by atoms with Gasteiger partial charge >= 0.3 is 0 Å². The third-order valence-corrected chi connectivity index (χ3v) is 3.95. The Labute approximate surface area is 116 Å². The zero-order valence-corrected chi connectivity index (χ0v) is 12.7. The molecular formula is C14H23NO3S. The van der Waals surface area contributed by atoms with E-state index in [1.54, 1.807) is 0 Å². The molecule has 19 heavy (non-hydrogen) atoms. The SMILES string of the molecule is CNC(CCOc1cccc(C)c1)CCS(C)(=O)=O. The fourth-order valence-electron chi connectivity index (χ4n) is 1.81. The molecular weight excluding hydrogens is 262 g/mol. The van der Waals surface area contributed by atoms with Crippen LogP contribution in [0.25, 0.3) is 0 Å². The molecule has 1 aromatic carbocycles. The summed E-state index contributed by atoms with van der Waals surface area (Å²) in [6, 6.07) is 8.07. The summed E-state index contributed by atoms with van der Waals surface area (Å²) in [6.07, 6.45) is 2.68. The van der Waals surface area contributed by atoms with E-state index in [0.717, 1.165) is 12.2 Å². The number of ether oxygens (including phenoxy) is 1. The zero-order valence-electron chi connectivity index (χ0n) is 11.8. The average molecular weight is 285 g/mol. The molecule has 0 radical (unpaired) electrons. The van der Waals surface area contributed by atoms with E-state index < -0.39 is 9.84 Å². The number of hydrogen-bond acceptors (Lipinski definition) is 4. The second-order valence-electron chi connectivity index (χ2n) is 4.86. The van der Waals surface area contributed by atoms with Crippen LogP contribution in [-0.4, -0.2) is 40.1 Å². The topological polar surface area (TPSA) is 55.4 Å². The first-order chi connectivity index (χ1) is 8.90. The van der Waals surface area contributed by atoms with Crippen molar-refractivity contribution in [2.45, 2.75) is 25.8 Å². The van der Waals surface area contributed by atoms with E-state index in [-0.39, 0.29) is 11.8 Å². The predicted octanol–water partition coefficient (Wildman–Crippen LogP) is 1.79. The van der Waals surface area contributed by atoms with Crippen molar-refractivity contribution in [1.29, 1.82) is 0 Å². The normalized spacial score (nSPS) is 13.2. The van der Waals surface area contributed by atoms with Crippen molar-refractivity contribution < 1.29 is 13.2 Å². The molecule has 1 rings (SSSR count). The van der Waals surface area contributed by atoms with Gasteiger partial charge in [0, 0.05) is 12.3 Å². The summed E-state index contributed by atoms with van der Waals surface area (Å²) in [4.78, 5) is 0. The molecule has 0 aliphatic carbocycles. The van der Waals surface area contributed by atoms with E-state index in [2.05, 4.69) is 5.32 Å². The molecule has 108 valence electrons. The van der Waals surface area contributed by atoms with Crippen LogP contribution in [0.2, 0.25) is 0 Å². The maximum absolute atomic E-state index is 11.1. The van der Waals surface area contributed by atoms with E-state index >= 15 is 0 Å². The molecule has 0 saturated carbocycles. The molecule has 0 spiro atoms. The molecule has 0 aliphatic rings. The lowest BCUT2D eigenvalue weighted by Crippen LogP contribution is -2.29. The van der Waals surface area contributed by atoms with Gasteiger partial charge in [0.1, 0.15) is 15.6 Å². The van der Waals surface area contributed by atoms with Crippen molar-refractivity contribution in [3.05, 3.63) is 29.8 Å². The number of rotatable bonds is 8. The fourth-order valence-corrected chi connectivity index (χ4v) is 2.53. The van der Waals surface area contributed by atoms with Crippen molar-refractivity contribution in [2.75, 3.05) is 25.7 Å². The predicted molar refractivity (Wildman–Crippen MR) is 78.5 cm³/mol. The number of sulfone groups is 1. The molecule has 5 heteroatoms. The van der Waals surface area contributed by atoms with Crippen LogP contribution in [0.5, 0.6) is 5.75 Å². The number of aryl methyl sites for hydroxylation is 1. The van der Waals surface area contributed by atoms with E-state index in [1.807, 2.05) is 38.2 Å². The second-order valence-corrected chi connectivity index (χ2v) is 7.12. The van der Waals surface area contributed by atoms with Crippen molar-refractivity contribution in [3.8, 4) is 5.75 Å². The van der Waals surface area contributed by atoms with E-state index in [0.29, 0.717) is 13.0 Å². The van der Waals surface area contributed by atoms with Crippen LogP contribution in [0, 0.1) is 6.92 Å². The summed E-state index contributed by atoms with van der Waals surface area (Å²) in [5.74, 6) is 1.07. The fraction of sp³-hybridized carbons (Fsp3) is 0.571. The molecule has 1 unspecified atom stereocenters. The van der Waals surface area contributed by atoms with E-state index in [4.69, 9.17) is 4.74 Å². The van der Waals surface area contributed by atoms with Gasteiger partial charge in [0.25, 0.3) is 0 Å². The van der Waals surface area contributed by atoms with Gasteiger partial charge in [-0.3, -0.25) is 0 Å². The van der Waals surface area contributed by atoms with Crippen LogP contribution in [0.1, 0.15) is 18.4 Å². The summed E-state index contributed by atoms with van der Waals surface area (Å²) in [5.41, 5.74) is 1.17. The van der Waals surface area contributed by atoms with Gasteiger partial charge in [-0.15, -0.1) is 0 Å². The highest BCUT2D eigenvalue weighted by Crippen LogP contribution is 2.13. The van der Waals surface area contributed by atoms with Gasteiger partial charge in [0.05, 0.1) is 12.4 Å². The number of benzene rings is 1. The van der Waals surface area contributed by atoms with Crippen molar-refractivity contribution in [1.82, 2.24) is 5.32 Å². The molecule has 0 aromatic heterocycles. The molecule has 0 amide bonds. The van der Waals surface area contributed by atoms with Gasteiger partial charge in [-0.1, -0.05) is 12.1 Å². The Balaban J connectivity index is 2.33. The van der Waals surface area contributed by atoms with E-state index in [1.165, 1.54) is 11.8 Å². The molecule has 0 aliphatic heterocycles. The lowest BCUT2D eigenvalue weighted by Gasteiger charge is -2.16. The molecule has 0 fully saturated rings. The number of nitrogens with one attached hydrogen (secondary N) is 1. The van der Waals surface area contributed by atoms with Crippen LogP contribution < -0.4 is 10.1 Å². The van der Waals surface area contributed by atoms with Crippen molar-refractivity contribution in [3.63, 3.8) is 0 Å². The van der Waals surface area contributed by atoms with Crippen LogP contribution in [0.15, 0.2) is 24.3 Å². The largest absolute Gasteiger partial charge is 0.494 e. The van der Waals surface area contributed by atoms with Gasteiger partial charge in [-0.05, 0) is 44.5 Å². The molecule has 4 nitrogen and oxygen atoms in total. The number of hydrogen-bond donors (Lipinski definition) is 1. The zero-order chi connectivity index (χ0) is 14.3. The average Bonchev–Trinajstić information content (AvgIpc) is 2.32. The third kappa shape index (κ3) is 7.18. The quantitative estimate of drug-likeness (QED) is 0.791. The minimum atomic E-state index is -2.89. The van der Waals surface area contributed by atoms with Gasteiger partial charge in [-0.2, -0.15) is 0 Å². The summed E-state index contributed by atoms with van der Waals surface area (Å²) in [6.45, 7) is 2.61. The van der Waals surface area contributed by atoms with Gasteiger partial charge in [0.15, 0.2) is 0 Å². The Kier molecular flexibility index (Phi) is 6.31. The summed E-state index contributed by atoms with van der Waals surface area (Å²) >= 11 is 0. The summed E-state index contributed by atoms with van der Waals surface area (Å²) < 4.78 is 27.9. The maximum atomic E-state index is 11.1. The minimum absolute atomic E-state index is 0.166. The molecule has 1 N–H and O–H groups in total. The van der Waals surface area contributed by atoms with E-state index in [9.17, 15) is 8.42 Å². The third-order valence-electron chi connectivity index (χ3n) is 2.97. The maximum Gasteiger partial charge on any atom is 0.147 e. The Morgan fingerprint density at radius 2 is 2.05 bits per heavy atom. The highest BCUT2D eigenvalue weighted by molar-refractivity contribution is 7.90. The summed E-state index contributed by atoms with van der Waals surface area (Å²) in [5, 5.41) is 3.13. The molecule has 0 saturated heterocycles. The molecule has 0 heterocycles. The molecule has 0 bridgehead atoms. The Morgan fingerprint density at radius 1 is 1.32 bits per heavy atom. The lowest BCUT2D eigenvalue weighted by molar-refractivity contribution is 0.287. The highest BCUT2D eigenvalue weighted by atomic mass is 32.2. The molecule has 1 aromatic rings. The summed E-state index contributed by atoms with van der Waals surface area (Å²) in [7, 11) is -1.05. The Morgan fingerprint density at radius 3 is 2.63 bits per heavy atom. The smallest absolute Gasteiger partial charge is 0.147 e. The van der Waals surface area contributed by atoms with Gasteiger partial charge in [0.2, 0.25) is 0 Å². The lowest BCUT2D eigenvalue weighted by atomic mass is 10.1. The molecule has 1 atom stereocenters. The minimum Gasteiger partial charge on any atom is -0.494 e. The van der Waals surface area contributed by atoms with Crippen LogP contribution in [0.4, 0.5) is 0 Å². The van der Waals surface area contributed by atoms with Crippen LogP contribution in [0.3, 0.4) is 0 Å². The first-order valence-corrected chi connectivity index (χ1v) is 8.51. The van der Waals surface area contributed by atoms with Gasteiger partial charge in [-0.25, -0.2) is 8.42 Å². The Hall–Kier alpha value is -1.07. The van der Waals surface area contributed by atoms with Crippen LogP contribution >= 0.6 is 0 Å². The standard InChI is InChI=1S/C14H23NO3S/c1-12-5-4-6-14(11-12)18-9-7-13(15-2)8-10-19(3,16)17/h4-6,11,13,15H,7-10H2,1-3H3. The second kappa shape index (κ2) is 7.50. The first-order valence-electron chi connectivity index (χ1n) is 6.45. The first kappa shape index (κ1) is 16.0. The van der Waals surface area contributed by atoms with Crippen molar-refractivity contribution >= 4 is 9.84 Å². The highest BCUT2D eigenvalue weighted by Gasteiger charge is 2.10. The van der Waals surface area contributed by atoms with Crippen LogP contribution in [-0.2, 0) is 9.84 Å².